The second kappa shape index (κ2) is 6.54. The molecular weight excluding hydrogens is 348 g/mol. The Balaban J connectivity index is 2.17. The average molecular weight is 362 g/mol. The number of hydrogen-bond acceptors (Lipinski definition) is 5. The summed E-state index contributed by atoms with van der Waals surface area (Å²) in [5.41, 5.74) is 1.22. The minimum atomic E-state index is 0.554. The molecule has 0 radical (unpaired) electrons. The van der Waals surface area contributed by atoms with Crippen molar-refractivity contribution >= 4 is 50.6 Å². The molecule has 19 heavy (non-hydrogen) atoms. The van der Waals surface area contributed by atoms with Crippen molar-refractivity contribution in [1.82, 2.24) is 9.97 Å². The van der Waals surface area contributed by atoms with Crippen molar-refractivity contribution in [2.45, 2.75) is 13.5 Å². The zero-order valence-corrected chi connectivity index (χ0v) is 13.8. The predicted molar refractivity (Wildman–Crippen MR) is 85.3 cm³/mol. The van der Waals surface area contributed by atoms with Gasteiger partial charge in [-0.05, 0) is 39.9 Å². The van der Waals surface area contributed by atoms with Crippen LogP contribution in [-0.4, -0.2) is 23.6 Å². The summed E-state index contributed by atoms with van der Waals surface area (Å²) in [7, 11) is 1.97. The van der Waals surface area contributed by atoms with Crippen LogP contribution in [0.5, 0.6) is 0 Å². The molecule has 4 nitrogen and oxygen atoms in total. The maximum atomic E-state index is 6.16. The zero-order chi connectivity index (χ0) is 13.8. The third-order valence-corrected chi connectivity index (χ3v) is 4.28. The van der Waals surface area contributed by atoms with Gasteiger partial charge in [0, 0.05) is 20.1 Å². The van der Waals surface area contributed by atoms with Crippen molar-refractivity contribution < 1.29 is 0 Å². The second-order valence-corrected chi connectivity index (χ2v) is 6.71. The van der Waals surface area contributed by atoms with E-state index < -0.39 is 0 Å². The summed E-state index contributed by atoms with van der Waals surface area (Å²) in [6, 6.07) is 2.10. The van der Waals surface area contributed by atoms with Gasteiger partial charge >= 0.3 is 0 Å². The van der Waals surface area contributed by atoms with Crippen molar-refractivity contribution in [3.8, 4) is 0 Å². The first-order valence-electron chi connectivity index (χ1n) is 5.80. The largest absolute Gasteiger partial charge is 0.354 e. The van der Waals surface area contributed by atoms with Gasteiger partial charge in [0.2, 0.25) is 5.95 Å². The molecule has 0 atom stereocenters. The summed E-state index contributed by atoms with van der Waals surface area (Å²) in [6.07, 6.45) is 1.63. The number of halogens is 2. The van der Waals surface area contributed by atoms with Crippen LogP contribution in [0.25, 0.3) is 0 Å². The Bertz CT molecular complexity index is 560. The van der Waals surface area contributed by atoms with Crippen molar-refractivity contribution in [2.24, 2.45) is 0 Å². The van der Waals surface area contributed by atoms with Gasteiger partial charge in [-0.3, -0.25) is 0 Å². The molecule has 1 N–H and O–H groups in total. The molecule has 0 bridgehead atoms. The number of aromatic nitrogens is 2. The fourth-order valence-corrected chi connectivity index (χ4v) is 3.08. The second-order valence-electron chi connectivity index (χ2n) is 4.01. The van der Waals surface area contributed by atoms with Crippen LogP contribution in [0, 0.1) is 0 Å². The molecule has 2 heterocycles. The predicted octanol–water partition coefficient (Wildman–Crippen LogP) is 4.02. The lowest BCUT2D eigenvalue weighted by Gasteiger charge is -2.19. The molecule has 0 spiro atoms. The maximum absolute atomic E-state index is 6.16. The van der Waals surface area contributed by atoms with E-state index in [9.17, 15) is 0 Å². The molecule has 0 unspecified atom stereocenters. The molecule has 2 rings (SSSR count). The van der Waals surface area contributed by atoms with E-state index >= 15 is 0 Å². The zero-order valence-electron chi connectivity index (χ0n) is 10.7. The van der Waals surface area contributed by atoms with Gasteiger partial charge in [0.05, 0.1) is 9.98 Å². The van der Waals surface area contributed by atoms with Crippen LogP contribution < -0.4 is 10.2 Å². The SMILES string of the molecule is CCNc1ncc(Cl)c(N(C)Cc2csc(Br)c2)n1. The van der Waals surface area contributed by atoms with Gasteiger partial charge in [-0.1, -0.05) is 11.6 Å². The molecule has 0 saturated heterocycles. The molecule has 0 amide bonds. The van der Waals surface area contributed by atoms with E-state index in [0.29, 0.717) is 11.0 Å². The highest BCUT2D eigenvalue weighted by molar-refractivity contribution is 9.11. The molecule has 0 fully saturated rings. The van der Waals surface area contributed by atoms with E-state index in [4.69, 9.17) is 11.6 Å². The normalized spacial score (nSPS) is 10.5. The van der Waals surface area contributed by atoms with Crippen LogP contribution in [-0.2, 0) is 6.54 Å². The Kier molecular flexibility index (Phi) is 5.01. The molecule has 0 saturated carbocycles. The van der Waals surface area contributed by atoms with Gasteiger partial charge in [-0.25, -0.2) is 4.98 Å². The molecule has 0 aliphatic rings. The lowest BCUT2D eigenvalue weighted by Crippen LogP contribution is -2.18. The molecule has 102 valence electrons. The number of rotatable bonds is 5. The van der Waals surface area contributed by atoms with E-state index in [-0.39, 0.29) is 0 Å². The van der Waals surface area contributed by atoms with E-state index in [1.54, 1.807) is 17.5 Å². The Morgan fingerprint density at radius 3 is 2.95 bits per heavy atom. The molecule has 7 heteroatoms. The Morgan fingerprint density at radius 1 is 1.53 bits per heavy atom. The van der Waals surface area contributed by atoms with E-state index in [2.05, 4.69) is 42.7 Å². The van der Waals surface area contributed by atoms with Crippen LogP contribution in [0.15, 0.2) is 21.4 Å². The van der Waals surface area contributed by atoms with Crippen molar-refractivity contribution in [1.29, 1.82) is 0 Å². The highest BCUT2D eigenvalue weighted by atomic mass is 79.9. The first-order valence-corrected chi connectivity index (χ1v) is 7.85. The van der Waals surface area contributed by atoms with Crippen LogP contribution >= 0.6 is 38.9 Å². The van der Waals surface area contributed by atoms with Crippen molar-refractivity contribution in [3.05, 3.63) is 32.0 Å². The molecule has 0 aliphatic heterocycles. The number of nitrogens with one attached hydrogen (secondary N) is 1. The lowest BCUT2D eigenvalue weighted by molar-refractivity contribution is 0.893. The van der Waals surface area contributed by atoms with Gasteiger partial charge in [0.1, 0.15) is 5.02 Å². The standard InChI is InChI=1S/C12H14BrClN4S/c1-3-15-12-16-5-9(14)11(17-12)18(2)6-8-4-10(13)19-7-8/h4-5,7H,3,6H2,1-2H3,(H,15,16,17). The summed E-state index contributed by atoms with van der Waals surface area (Å²) in [6.45, 7) is 3.54. The van der Waals surface area contributed by atoms with E-state index in [1.165, 1.54) is 5.56 Å². The molecule has 2 aromatic heterocycles. The fourth-order valence-electron chi connectivity index (χ4n) is 1.65. The number of thiophene rings is 1. The van der Waals surface area contributed by atoms with E-state index in [0.717, 1.165) is 22.7 Å². The monoisotopic (exact) mass is 360 g/mol. The summed E-state index contributed by atoms with van der Waals surface area (Å²) in [5, 5.41) is 5.75. The molecular formula is C12H14BrClN4S. The maximum Gasteiger partial charge on any atom is 0.224 e. The smallest absolute Gasteiger partial charge is 0.224 e. The van der Waals surface area contributed by atoms with Crippen LogP contribution in [0.3, 0.4) is 0 Å². The molecule has 0 aliphatic carbocycles. The Labute approximate surface area is 130 Å². The van der Waals surface area contributed by atoms with Crippen molar-refractivity contribution in [3.63, 3.8) is 0 Å². The minimum Gasteiger partial charge on any atom is -0.354 e. The van der Waals surface area contributed by atoms with E-state index in [1.807, 2.05) is 18.9 Å². The van der Waals surface area contributed by atoms with Gasteiger partial charge in [-0.2, -0.15) is 4.98 Å². The Morgan fingerprint density at radius 2 is 2.32 bits per heavy atom. The number of hydrogen-bond donors (Lipinski definition) is 1. The first-order chi connectivity index (χ1) is 9.10. The van der Waals surface area contributed by atoms with Crippen LogP contribution in [0.4, 0.5) is 11.8 Å². The van der Waals surface area contributed by atoms with Gasteiger partial charge in [0.15, 0.2) is 5.82 Å². The third kappa shape index (κ3) is 3.81. The van der Waals surface area contributed by atoms with Gasteiger partial charge in [-0.15, -0.1) is 11.3 Å². The fraction of sp³-hybridized carbons (Fsp3) is 0.333. The lowest BCUT2D eigenvalue weighted by atomic mass is 10.3. The third-order valence-electron chi connectivity index (χ3n) is 2.46. The quantitative estimate of drug-likeness (QED) is 0.873. The number of anilines is 2. The minimum absolute atomic E-state index is 0.554. The summed E-state index contributed by atoms with van der Waals surface area (Å²) < 4.78 is 1.12. The highest BCUT2D eigenvalue weighted by Crippen LogP contribution is 2.26. The highest BCUT2D eigenvalue weighted by Gasteiger charge is 2.11. The molecule has 2 aromatic rings. The summed E-state index contributed by atoms with van der Waals surface area (Å²) >= 11 is 11.3. The molecule has 0 aromatic carbocycles. The van der Waals surface area contributed by atoms with Crippen molar-refractivity contribution in [2.75, 3.05) is 23.8 Å². The summed E-state index contributed by atoms with van der Waals surface area (Å²) in [4.78, 5) is 10.6. The van der Waals surface area contributed by atoms with Crippen LogP contribution in [0.2, 0.25) is 5.02 Å². The van der Waals surface area contributed by atoms with Gasteiger partial charge in [0.25, 0.3) is 0 Å². The topological polar surface area (TPSA) is 41.1 Å². The van der Waals surface area contributed by atoms with Crippen LogP contribution in [0.1, 0.15) is 12.5 Å². The summed E-state index contributed by atoms with van der Waals surface area (Å²) in [5.74, 6) is 1.33. The average Bonchev–Trinajstić information content (AvgIpc) is 2.77. The van der Waals surface area contributed by atoms with Gasteiger partial charge < -0.3 is 10.2 Å². The first kappa shape index (κ1) is 14.6. The number of nitrogens with zero attached hydrogens (tertiary/aromatic N) is 3. The Hall–Kier alpha value is -0.850.